The first kappa shape index (κ1) is 17.6. The van der Waals surface area contributed by atoms with Crippen LogP contribution in [0.1, 0.15) is 43.7 Å². The Balaban J connectivity index is 1.59. The van der Waals surface area contributed by atoms with E-state index in [1.165, 1.54) is 0 Å². The highest BCUT2D eigenvalue weighted by atomic mass is 16.4. The fraction of sp³-hybridized carbons (Fsp3) is 0.526. The van der Waals surface area contributed by atoms with Crippen molar-refractivity contribution in [3.8, 4) is 0 Å². The highest BCUT2D eigenvalue weighted by Crippen LogP contribution is 2.27. The zero-order valence-corrected chi connectivity index (χ0v) is 15.5. The number of hydrogen-bond acceptors (Lipinski definition) is 5. The number of likely N-dealkylation sites (N-methyl/N-ethyl adjacent to an activating group) is 1. The molecule has 2 aromatic rings. The molecule has 0 atom stereocenters. The van der Waals surface area contributed by atoms with Gasteiger partial charge in [0.05, 0.1) is 13.1 Å². The van der Waals surface area contributed by atoms with Gasteiger partial charge < -0.3 is 9.32 Å². The molecule has 0 bridgehead atoms. The first-order chi connectivity index (χ1) is 11.8. The summed E-state index contributed by atoms with van der Waals surface area (Å²) in [5.41, 5.74) is 1.89. The lowest BCUT2D eigenvalue weighted by Crippen LogP contribution is -2.41. The maximum atomic E-state index is 12.6. The molecular weight excluding hydrogens is 316 g/mol. The summed E-state index contributed by atoms with van der Waals surface area (Å²) in [6, 6.07) is 3.93. The Morgan fingerprint density at radius 1 is 1.40 bits per heavy atom. The highest BCUT2D eigenvalue weighted by Gasteiger charge is 2.29. The first-order valence-electron chi connectivity index (χ1n) is 8.67. The number of amides is 1. The number of pyridine rings is 1. The van der Waals surface area contributed by atoms with Gasteiger partial charge in [-0.2, -0.15) is 0 Å². The molecule has 0 spiro atoms. The Bertz CT molecular complexity index is 734. The van der Waals surface area contributed by atoms with Gasteiger partial charge in [0.15, 0.2) is 5.89 Å². The predicted molar refractivity (Wildman–Crippen MR) is 94.9 cm³/mol. The summed E-state index contributed by atoms with van der Waals surface area (Å²) in [6.45, 7) is 8.56. The third-order valence-electron chi connectivity index (χ3n) is 4.30. The molecule has 1 aliphatic heterocycles. The Labute approximate surface area is 148 Å². The van der Waals surface area contributed by atoms with E-state index in [0.29, 0.717) is 26.2 Å². The van der Waals surface area contributed by atoms with Gasteiger partial charge in [0.1, 0.15) is 11.5 Å². The van der Waals surface area contributed by atoms with E-state index in [1.54, 1.807) is 6.20 Å². The molecule has 0 aliphatic carbocycles. The molecular formula is C19H26N4O2. The van der Waals surface area contributed by atoms with Crippen LogP contribution in [0.2, 0.25) is 0 Å². The maximum Gasteiger partial charge on any atom is 0.237 e. The van der Waals surface area contributed by atoms with Crippen LogP contribution >= 0.6 is 0 Å². The summed E-state index contributed by atoms with van der Waals surface area (Å²) < 4.78 is 5.89. The van der Waals surface area contributed by atoms with E-state index >= 15 is 0 Å². The van der Waals surface area contributed by atoms with Crippen molar-refractivity contribution in [1.82, 2.24) is 19.8 Å². The van der Waals surface area contributed by atoms with Gasteiger partial charge in [0.25, 0.3) is 0 Å². The zero-order chi connectivity index (χ0) is 18.0. The zero-order valence-electron chi connectivity index (χ0n) is 15.5. The van der Waals surface area contributed by atoms with Crippen molar-refractivity contribution < 1.29 is 9.21 Å². The van der Waals surface area contributed by atoms with Crippen LogP contribution in [0.3, 0.4) is 0 Å². The van der Waals surface area contributed by atoms with Crippen LogP contribution in [-0.2, 0) is 29.7 Å². The molecule has 0 N–H and O–H groups in total. The van der Waals surface area contributed by atoms with Crippen LogP contribution in [-0.4, -0.2) is 45.8 Å². The van der Waals surface area contributed by atoms with Crippen molar-refractivity contribution in [1.29, 1.82) is 0 Å². The van der Waals surface area contributed by atoms with E-state index in [1.807, 2.05) is 35.2 Å². The highest BCUT2D eigenvalue weighted by molar-refractivity contribution is 5.78. The average molecular weight is 342 g/mol. The lowest BCUT2D eigenvalue weighted by molar-refractivity contribution is -0.133. The topological polar surface area (TPSA) is 62.5 Å². The van der Waals surface area contributed by atoms with Crippen molar-refractivity contribution >= 4 is 5.91 Å². The first-order valence-corrected chi connectivity index (χ1v) is 8.67. The standard InChI is InChI=1S/C19H26N4O2/c1-19(2,3)18-21-15-12-23(9-7-16(15)25-18)17(24)13-22(4)11-14-6-5-8-20-10-14/h5-6,8,10H,7,9,11-13H2,1-4H3. The van der Waals surface area contributed by atoms with Gasteiger partial charge in [-0.05, 0) is 18.7 Å². The number of carbonyl (C=O) groups excluding carboxylic acids is 1. The minimum atomic E-state index is -0.115. The van der Waals surface area contributed by atoms with Crippen molar-refractivity contribution in [2.45, 2.75) is 45.7 Å². The molecule has 0 radical (unpaired) electrons. The molecule has 25 heavy (non-hydrogen) atoms. The molecule has 0 saturated carbocycles. The second-order valence-corrected chi connectivity index (χ2v) is 7.74. The van der Waals surface area contributed by atoms with E-state index < -0.39 is 0 Å². The summed E-state index contributed by atoms with van der Waals surface area (Å²) >= 11 is 0. The van der Waals surface area contributed by atoms with Gasteiger partial charge in [0.2, 0.25) is 5.91 Å². The predicted octanol–water partition coefficient (Wildman–Crippen LogP) is 2.38. The molecule has 0 fully saturated rings. The smallest absolute Gasteiger partial charge is 0.237 e. The average Bonchev–Trinajstić information content (AvgIpc) is 2.99. The number of fused-ring (bicyclic) bond motifs is 1. The lowest BCUT2D eigenvalue weighted by atomic mass is 9.97. The largest absolute Gasteiger partial charge is 0.445 e. The Hall–Kier alpha value is -2.21. The molecule has 3 heterocycles. The number of aromatic nitrogens is 2. The summed E-state index contributed by atoms with van der Waals surface area (Å²) in [5, 5.41) is 0. The van der Waals surface area contributed by atoms with E-state index in [4.69, 9.17) is 4.42 Å². The van der Waals surface area contributed by atoms with Crippen LogP contribution in [0.25, 0.3) is 0 Å². The monoisotopic (exact) mass is 342 g/mol. The minimum absolute atomic E-state index is 0.115. The molecule has 1 aliphatic rings. The van der Waals surface area contributed by atoms with Crippen LogP contribution in [0.15, 0.2) is 28.9 Å². The molecule has 1 amide bonds. The number of oxazole rings is 1. The molecule has 0 aromatic carbocycles. The van der Waals surface area contributed by atoms with E-state index in [0.717, 1.165) is 29.3 Å². The van der Waals surface area contributed by atoms with Crippen LogP contribution in [0.4, 0.5) is 0 Å². The summed E-state index contributed by atoms with van der Waals surface area (Å²) in [7, 11) is 1.95. The molecule has 3 rings (SSSR count). The van der Waals surface area contributed by atoms with Gasteiger partial charge >= 0.3 is 0 Å². The summed E-state index contributed by atoms with van der Waals surface area (Å²) in [6.07, 6.45) is 4.32. The van der Waals surface area contributed by atoms with Gasteiger partial charge in [-0.15, -0.1) is 0 Å². The molecule has 134 valence electrons. The number of rotatable bonds is 4. The molecule has 0 unspecified atom stereocenters. The van der Waals surface area contributed by atoms with Crippen LogP contribution in [0.5, 0.6) is 0 Å². The van der Waals surface area contributed by atoms with Crippen LogP contribution in [0, 0.1) is 0 Å². The van der Waals surface area contributed by atoms with Gasteiger partial charge in [-0.3, -0.25) is 14.7 Å². The fourth-order valence-electron chi connectivity index (χ4n) is 2.92. The molecule has 0 saturated heterocycles. The fourth-order valence-corrected chi connectivity index (χ4v) is 2.92. The quantitative estimate of drug-likeness (QED) is 0.854. The second kappa shape index (κ2) is 6.96. The SMILES string of the molecule is CN(CC(=O)N1CCc2oc(C(C)(C)C)nc2C1)Cc1cccnc1. The normalized spacial score (nSPS) is 14.7. The maximum absolute atomic E-state index is 12.6. The lowest BCUT2D eigenvalue weighted by Gasteiger charge is -2.27. The van der Waals surface area contributed by atoms with Crippen molar-refractivity contribution in [3.05, 3.63) is 47.4 Å². The minimum Gasteiger partial charge on any atom is -0.445 e. The number of nitrogens with zero attached hydrogens (tertiary/aromatic N) is 4. The molecule has 6 nitrogen and oxygen atoms in total. The third kappa shape index (κ3) is 4.25. The Morgan fingerprint density at radius 3 is 2.88 bits per heavy atom. The second-order valence-electron chi connectivity index (χ2n) is 7.74. The van der Waals surface area contributed by atoms with Gasteiger partial charge in [0, 0.05) is 37.3 Å². The summed E-state index contributed by atoms with van der Waals surface area (Å²) in [4.78, 5) is 25.2. The van der Waals surface area contributed by atoms with Crippen LogP contribution < -0.4 is 0 Å². The Kier molecular flexibility index (Phi) is 4.90. The molecule has 6 heteroatoms. The van der Waals surface area contributed by atoms with E-state index in [2.05, 4.69) is 30.7 Å². The van der Waals surface area contributed by atoms with Gasteiger partial charge in [-0.25, -0.2) is 4.98 Å². The van der Waals surface area contributed by atoms with Crippen molar-refractivity contribution in [2.75, 3.05) is 20.1 Å². The number of carbonyl (C=O) groups is 1. The number of hydrogen-bond donors (Lipinski definition) is 0. The Morgan fingerprint density at radius 2 is 2.20 bits per heavy atom. The van der Waals surface area contributed by atoms with E-state index in [-0.39, 0.29) is 11.3 Å². The summed E-state index contributed by atoms with van der Waals surface area (Å²) in [5.74, 6) is 1.80. The van der Waals surface area contributed by atoms with Gasteiger partial charge in [-0.1, -0.05) is 26.8 Å². The van der Waals surface area contributed by atoms with Crippen molar-refractivity contribution in [3.63, 3.8) is 0 Å². The van der Waals surface area contributed by atoms with Crippen molar-refractivity contribution in [2.24, 2.45) is 0 Å². The molecule has 2 aromatic heterocycles. The third-order valence-corrected chi connectivity index (χ3v) is 4.30. The van der Waals surface area contributed by atoms with E-state index in [9.17, 15) is 4.79 Å².